The molecule has 0 bridgehead atoms. The summed E-state index contributed by atoms with van der Waals surface area (Å²) in [5, 5.41) is 0.829. The van der Waals surface area contributed by atoms with Crippen LogP contribution < -0.4 is 9.47 Å². The van der Waals surface area contributed by atoms with Crippen LogP contribution in [0.3, 0.4) is 0 Å². The van der Waals surface area contributed by atoms with Crippen LogP contribution in [0.15, 0.2) is 22.6 Å². The summed E-state index contributed by atoms with van der Waals surface area (Å²) in [5.41, 5.74) is 0.618. The van der Waals surface area contributed by atoms with Gasteiger partial charge in [-0.3, -0.25) is 4.79 Å². The first-order valence-corrected chi connectivity index (χ1v) is 6.41. The summed E-state index contributed by atoms with van der Waals surface area (Å²) in [5.74, 6) is 1.49. The van der Waals surface area contributed by atoms with Gasteiger partial charge in [-0.15, -0.1) is 0 Å². The van der Waals surface area contributed by atoms with Gasteiger partial charge < -0.3 is 18.8 Å². The maximum absolute atomic E-state index is 11.3. The zero-order chi connectivity index (χ0) is 14.7. The molecule has 0 spiro atoms. The van der Waals surface area contributed by atoms with E-state index in [-0.39, 0.29) is 5.78 Å². The van der Waals surface area contributed by atoms with Crippen molar-refractivity contribution in [1.82, 2.24) is 4.90 Å². The molecule has 20 heavy (non-hydrogen) atoms. The minimum Gasteiger partial charge on any atom is -0.493 e. The van der Waals surface area contributed by atoms with Gasteiger partial charge in [-0.1, -0.05) is 0 Å². The maximum Gasteiger partial charge on any atom is 0.194 e. The minimum absolute atomic E-state index is 0.102. The summed E-state index contributed by atoms with van der Waals surface area (Å²) in [4.78, 5) is 13.4. The van der Waals surface area contributed by atoms with Crippen LogP contribution in [0.2, 0.25) is 0 Å². The molecule has 1 aromatic carbocycles. The van der Waals surface area contributed by atoms with Crippen LogP contribution >= 0.6 is 0 Å². The van der Waals surface area contributed by atoms with E-state index in [9.17, 15) is 4.79 Å². The normalized spacial score (nSPS) is 11.1. The molecular formula is C15H19NO4. The third kappa shape index (κ3) is 3.11. The molecule has 0 atom stereocenters. The first-order valence-electron chi connectivity index (χ1n) is 6.41. The molecule has 0 aliphatic heterocycles. The lowest BCUT2D eigenvalue weighted by atomic mass is 10.2. The highest BCUT2D eigenvalue weighted by molar-refractivity contribution is 5.96. The van der Waals surface area contributed by atoms with E-state index in [4.69, 9.17) is 13.9 Å². The number of methoxy groups -OCH3 is 1. The van der Waals surface area contributed by atoms with Gasteiger partial charge in [0.25, 0.3) is 0 Å². The molecule has 0 radical (unpaired) electrons. The number of hydrogen-bond acceptors (Lipinski definition) is 5. The lowest BCUT2D eigenvalue weighted by Crippen LogP contribution is -2.19. The highest BCUT2D eigenvalue weighted by atomic mass is 16.5. The molecule has 0 aliphatic carbocycles. The number of fused-ring (bicyclic) bond motifs is 1. The Morgan fingerprint density at radius 1 is 1.25 bits per heavy atom. The Balaban J connectivity index is 2.30. The van der Waals surface area contributed by atoms with Crippen molar-refractivity contribution in [3.05, 3.63) is 24.0 Å². The van der Waals surface area contributed by atoms with E-state index in [1.165, 1.54) is 6.92 Å². The van der Waals surface area contributed by atoms with Gasteiger partial charge in [-0.2, -0.15) is 0 Å². The van der Waals surface area contributed by atoms with Crippen molar-refractivity contribution < 1.29 is 18.7 Å². The lowest BCUT2D eigenvalue weighted by Gasteiger charge is -2.13. The van der Waals surface area contributed by atoms with Crippen molar-refractivity contribution in [2.75, 3.05) is 34.4 Å². The number of nitrogens with zero attached hydrogens (tertiary/aromatic N) is 1. The van der Waals surface area contributed by atoms with Gasteiger partial charge >= 0.3 is 0 Å². The molecule has 0 saturated carbocycles. The summed E-state index contributed by atoms with van der Waals surface area (Å²) >= 11 is 0. The van der Waals surface area contributed by atoms with Crippen LogP contribution in [0.5, 0.6) is 11.5 Å². The fraction of sp³-hybridized carbons (Fsp3) is 0.400. The van der Waals surface area contributed by atoms with Crippen molar-refractivity contribution in [2.24, 2.45) is 0 Å². The zero-order valence-electron chi connectivity index (χ0n) is 12.2. The van der Waals surface area contributed by atoms with E-state index >= 15 is 0 Å². The molecule has 0 fully saturated rings. The summed E-state index contributed by atoms with van der Waals surface area (Å²) in [7, 11) is 5.55. The number of carbonyl (C=O) groups is 1. The summed E-state index contributed by atoms with van der Waals surface area (Å²) < 4.78 is 16.5. The predicted octanol–water partition coefficient (Wildman–Crippen LogP) is 2.58. The Kier molecular flexibility index (Phi) is 4.29. The van der Waals surface area contributed by atoms with E-state index < -0.39 is 0 Å². The topological polar surface area (TPSA) is 51.9 Å². The number of benzene rings is 1. The van der Waals surface area contributed by atoms with Gasteiger partial charge in [0.1, 0.15) is 12.2 Å². The summed E-state index contributed by atoms with van der Waals surface area (Å²) in [6, 6.07) is 5.29. The highest BCUT2D eigenvalue weighted by Gasteiger charge is 2.13. The molecule has 1 heterocycles. The fourth-order valence-corrected chi connectivity index (χ4v) is 1.83. The molecule has 1 aromatic heterocycles. The lowest BCUT2D eigenvalue weighted by molar-refractivity contribution is 0.0989. The Morgan fingerprint density at radius 2 is 2.00 bits per heavy atom. The molecule has 2 rings (SSSR count). The number of Topliss-reactive ketones (excluding diaryl/α,β-unsaturated/α-hetero) is 1. The Bertz CT molecular complexity index is 616. The van der Waals surface area contributed by atoms with Crippen molar-refractivity contribution in [2.45, 2.75) is 6.92 Å². The second kappa shape index (κ2) is 5.96. The number of ether oxygens (including phenoxy) is 2. The maximum atomic E-state index is 11.3. The number of carbonyl (C=O) groups excluding carboxylic acids is 1. The summed E-state index contributed by atoms with van der Waals surface area (Å²) in [6.07, 6.45) is 0. The average molecular weight is 277 g/mol. The second-order valence-electron chi connectivity index (χ2n) is 4.86. The molecule has 2 aromatic rings. The van der Waals surface area contributed by atoms with Gasteiger partial charge in [-0.05, 0) is 26.2 Å². The predicted molar refractivity (Wildman–Crippen MR) is 76.8 cm³/mol. The molecule has 0 amide bonds. The Labute approximate surface area is 118 Å². The minimum atomic E-state index is -0.102. The van der Waals surface area contributed by atoms with Gasteiger partial charge in [0, 0.05) is 24.9 Å². The molecule has 0 aliphatic rings. The smallest absolute Gasteiger partial charge is 0.194 e. The molecular weight excluding hydrogens is 258 g/mol. The van der Waals surface area contributed by atoms with Gasteiger partial charge in [-0.25, -0.2) is 0 Å². The standard InChI is InChI=1S/C15H19NO4/c1-10(17)12-7-11-8-15(19-6-5-16(2)3)14(18-4)9-13(11)20-12/h7-9H,5-6H2,1-4H3. The molecule has 5 heteroatoms. The Morgan fingerprint density at radius 3 is 2.60 bits per heavy atom. The van der Waals surface area contributed by atoms with Crippen LogP contribution in [0, 0.1) is 0 Å². The molecule has 0 N–H and O–H groups in total. The summed E-state index contributed by atoms with van der Waals surface area (Å²) in [6.45, 7) is 2.85. The fourth-order valence-electron chi connectivity index (χ4n) is 1.83. The van der Waals surface area contributed by atoms with Crippen LogP contribution in [-0.2, 0) is 0 Å². The van der Waals surface area contributed by atoms with Crippen molar-refractivity contribution in [1.29, 1.82) is 0 Å². The quantitative estimate of drug-likeness (QED) is 0.760. The number of likely N-dealkylation sites (N-methyl/N-ethyl adjacent to an activating group) is 1. The van der Waals surface area contributed by atoms with E-state index in [0.717, 1.165) is 11.9 Å². The van der Waals surface area contributed by atoms with Gasteiger partial charge in [0.15, 0.2) is 23.0 Å². The number of rotatable bonds is 6. The second-order valence-corrected chi connectivity index (χ2v) is 4.86. The molecule has 5 nitrogen and oxygen atoms in total. The molecule has 108 valence electrons. The first-order chi connectivity index (χ1) is 9.51. The monoisotopic (exact) mass is 277 g/mol. The van der Waals surface area contributed by atoms with Gasteiger partial charge in [0.2, 0.25) is 0 Å². The Hall–Kier alpha value is -2.01. The highest BCUT2D eigenvalue weighted by Crippen LogP contribution is 2.34. The third-order valence-corrected chi connectivity index (χ3v) is 2.95. The van der Waals surface area contributed by atoms with Crippen LogP contribution in [0.4, 0.5) is 0 Å². The molecule has 0 saturated heterocycles. The number of hydrogen-bond donors (Lipinski definition) is 0. The average Bonchev–Trinajstić information content (AvgIpc) is 2.80. The van der Waals surface area contributed by atoms with E-state index in [1.807, 2.05) is 25.1 Å². The van der Waals surface area contributed by atoms with Crippen molar-refractivity contribution in [3.8, 4) is 11.5 Å². The van der Waals surface area contributed by atoms with Gasteiger partial charge in [0.05, 0.1) is 7.11 Å². The van der Waals surface area contributed by atoms with E-state index in [2.05, 4.69) is 0 Å². The third-order valence-electron chi connectivity index (χ3n) is 2.95. The molecule has 0 unspecified atom stereocenters. The van der Waals surface area contributed by atoms with Crippen LogP contribution in [-0.4, -0.2) is 45.0 Å². The van der Waals surface area contributed by atoms with Crippen LogP contribution in [0.25, 0.3) is 11.0 Å². The first kappa shape index (κ1) is 14.4. The zero-order valence-corrected chi connectivity index (χ0v) is 12.2. The van der Waals surface area contributed by atoms with E-state index in [0.29, 0.717) is 29.4 Å². The number of ketones is 1. The van der Waals surface area contributed by atoms with E-state index in [1.54, 1.807) is 19.2 Å². The van der Waals surface area contributed by atoms with Crippen molar-refractivity contribution in [3.63, 3.8) is 0 Å². The van der Waals surface area contributed by atoms with Crippen molar-refractivity contribution >= 4 is 16.8 Å². The SMILES string of the molecule is COc1cc2oc(C(C)=O)cc2cc1OCCN(C)C. The number of furan rings is 1. The van der Waals surface area contributed by atoms with Crippen LogP contribution in [0.1, 0.15) is 17.5 Å². The largest absolute Gasteiger partial charge is 0.493 e.